The predicted octanol–water partition coefficient (Wildman–Crippen LogP) is 4.72. The smallest absolute Gasteiger partial charge is 0.295 e. The summed E-state index contributed by atoms with van der Waals surface area (Å²) in [6.07, 6.45) is 3.65. The van der Waals surface area contributed by atoms with Crippen molar-refractivity contribution < 1.29 is 24.2 Å². The van der Waals surface area contributed by atoms with Gasteiger partial charge in [-0.15, -0.1) is 0 Å². The zero-order chi connectivity index (χ0) is 26.2. The van der Waals surface area contributed by atoms with Crippen molar-refractivity contribution in [2.24, 2.45) is 0 Å². The van der Waals surface area contributed by atoms with Gasteiger partial charge in [-0.05, 0) is 68.9 Å². The maximum Gasteiger partial charge on any atom is 0.295 e. The molecule has 1 saturated heterocycles. The lowest BCUT2D eigenvalue weighted by Crippen LogP contribution is -2.35. The molecule has 3 rings (SSSR count). The Bertz CT molecular complexity index is 1120. The number of aryl methyl sites for hydroxylation is 1. The second-order valence-electron chi connectivity index (χ2n) is 9.14. The van der Waals surface area contributed by atoms with Crippen molar-refractivity contribution in [1.29, 1.82) is 0 Å². The maximum absolute atomic E-state index is 13.2. The van der Waals surface area contributed by atoms with Crippen LogP contribution in [0.1, 0.15) is 42.5 Å². The number of aliphatic hydroxyl groups excluding tert-OH is 1. The molecule has 1 N–H and O–H groups in total. The minimum Gasteiger partial charge on any atom is -0.507 e. The molecule has 2 aromatic rings. The monoisotopic (exact) mass is 492 g/mol. The number of benzene rings is 2. The third kappa shape index (κ3) is 6.15. The van der Waals surface area contributed by atoms with Crippen LogP contribution in [0.4, 0.5) is 0 Å². The molecule has 2 aromatic carbocycles. The second kappa shape index (κ2) is 12.4. The lowest BCUT2D eigenvalue weighted by Gasteiger charge is -2.27. The molecule has 0 bridgehead atoms. The first-order chi connectivity index (χ1) is 17.3. The van der Waals surface area contributed by atoms with Crippen LogP contribution in [-0.2, 0) is 9.59 Å². The van der Waals surface area contributed by atoms with E-state index in [-0.39, 0.29) is 11.3 Å². The van der Waals surface area contributed by atoms with E-state index < -0.39 is 17.7 Å². The highest BCUT2D eigenvalue weighted by atomic mass is 16.5. The van der Waals surface area contributed by atoms with E-state index in [1.54, 1.807) is 24.3 Å². The summed E-state index contributed by atoms with van der Waals surface area (Å²) in [6.45, 7) is 9.50. The molecule has 192 valence electrons. The molecule has 1 amide bonds. The van der Waals surface area contributed by atoms with Gasteiger partial charge in [0.15, 0.2) is 0 Å². The summed E-state index contributed by atoms with van der Waals surface area (Å²) in [4.78, 5) is 29.8. The van der Waals surface area contributed by atoms with Gasteiger partial charge in [0.05, 0.1) is 18.2 Å². The number of likely N-dealkylation sites (tertiary alicyclic amines) is 1. The van der Waals surface area contributed by atoms with E-state index in [9.17, 15) is 14.7 Å². The zero-order valence-corrected chi connectivity index (χ0v) is 21.6. The van der Waals surface area contributed by atoms with Gasteiger partial charge in [0.25, 0.3) is 11.7 Å². The van der Waals surface area contributed by atoms with E-state index in [1.165, 1.54) is 4.90 Å². The summed E-state index contributed by atoms with van der Waals surface area (Å²) in [5.41, 5.74) is 2.03. The third-order valence-electron chi connectivity index (χ3n) is 6.11. The van der Waals surface area contributed by atoms with E-state index in [2.05, 4.69) is 13.5 Å². The molecule has 1 unspecified atom stereocenters. The number of aliphatic hydroxyl groups is 1. The molecular formula is C29H36N2O5. The highest BCUT2D eigenvalue weighted by molar-refractivity contribution is 6.46. The first-order valence-corrected chi connectivity index (χ1v) is 12.3. The molecule has 0 aliphatic carbocycles. The SMILES string of the molecule is C=CCOc1ccc(/C(O)=C2\C(=O)C(=O)N(CCN(C)C)C2c2ccc(OCCCC)cc2)c(C)c1. The number of Topliss-reactive ketones (excluding diaryl/α,β-unsaturated/α-hetero) is 1. The molecule has 0 spiro atoms. The van der Waals surface area contributed by atoms with Gasteiger partial charge in [-0.25, -0.2) is 0 Å². The molecule has 0 radical (unpaired) electrons. The summed E-state index contributed by atoms with van der Waals surface area (Å²) in [5.74, 6) is -0.142. The predicted molar refractivity (Wildman–Crippen MR) is 141 cm³/mol. The van der Waals surface area contributed by atoms with Crippen LogP contribution < -0.4 is 9.47 Å². The van der Waals surface area contributed by atoms with Crippen molar-refractivity contribution in [2.75, 3.05) is 40.4 Å². The normalized spacial score (nSPS) is 17.0. The lowest BCUT2D eigenvalue weighted by molar-refractivity contribution is -0.140. The van der Waals surface area contributed by atoms with Gasteiger partial charge in [0.2, 0.25) is 0 Å². The summed E-state index contributed by atoms with van der Waals surface area (Å²) in [5, 5.41) is 11.4. The van der Waals surface area contributed by atoms with Crippen molar-refractivity contribution in [3.63, 3.8) is 0 Å². The molecular weight excluding hydrogens is 456 g/mol. The Hall–Kier alpha value is -3.58. The van der Waals surface area contributed by atoms with Gasteiger partial charge < -0.3 is 24.4 Å². The van der Waals surface area contributed by atoms with Gasteiger partial charge in [-0.2, -0.15) is 0 Å². The highest BCUT2D eigenvalue weighted by Gasteiger charge is 2.46. The molecule has 1 heterocycles. The maximum atomic E-state index is 13.2. The number of carbonyl (C=O) groups excluding carboxylic acids is 2. The van der Waals surface area contributed by atoms with E-state index in [4.69, 9.17) is 9.47 Å². The Morgan fingerprint density at radius 1 is 1.11 bits per heavy atom. The van der Waals surface area contributed by atoms with E-state index in [1.807, 2.05) is 50.2 Å². The van der Waals surface area contributed by atoms with Crippen LogP contribution in [0.15, 0.2) is 60.7 Å². The average Bonchev–Trinajstić information content (AvgIpc) is 3.11. The number of carbonyl (C=O) groups is 2. The Morgan fingerprint density at radius 2 is 1.81 bits per heavy atom. The van der Waals surface area contributed by atoms with Gasteiger partial charge in [-0.3, -0.25) is 9.59 Å². The minimum absolute atomic E-state index is 0.0845. The fourth-order valence-electron chi connectivity index (χ4n) is 4.14. The second-order valence-corrected chi connectivity index (χ2v) is 9.14. The van der Waals surface area contributed by atoms with E-state index in [0.29, 0.717) is 37.6 Å². The number of likely N-dealkylation sites (N-methyl/N-ethyl adjacent to an activating group) is 1. The van der Waals surface area contributed by atoms with Crippen LogP contribution in [0.2, 0.25) is 0 Å². The number of hydrogen-bond donors (Lipinski definition) is 1. The highest BCUT2D eigenvalue weighted by Crippen LogP contribution is 2.40. The number of amides is 1. The average molecular weight is 493 g/mol. The standard InChI is InChI=1S/C29H36N2O5/c1-6-8-18-36-22-11-9-21(10-12-22)26-25(28(33)29(34)31(26)16-15-30(4)5)27(32)24-14-13-23(19-20(24)3)35-17-7-2/h7,9-14,19,26,32H,2,6,8,15-18H2,1,3-5H3/b27-25+. The van der Waals surface area contributed by atoms with Crippen LogP contribution in [0.3, 0.4) is 0 Å². The molecule has 0 saturated carbocycles. The summed E-state index contributed by atoms with van der Waals surface area (Å²) in [6, 6.07) is 11.9. The van der Waals surface area contributed by atoms with Crippen molar-refractivity contribution in [1.82, 2.24) is 9.80 Å². The number of ketones is 1. The lowest BCUT2D eigenvalue weighted by atomic mass is 9.94. The van der Waals surface area contributed by atoms with Crippen molar-refractivity contribution >= 4 is 17.4 Å². The molecule has 1 aliphatic heterocycles. The number of rotatable bonds is 12. The van der Waals surface area contributed by atoms with Crippen LogP contribution >= 0.6 is 0 Å². The summed E-state index contributed by atoms with van der Waals surface area (Å²) in [7, 11) is 3.82. The number of unbranched alkanes of at least 4 members (excludes halogenated alkanes) is 1. The number of hydrogen-bond acceptors (Lipinski definition) is 6. The summed E-state index contributed by atoms with van der Waals surface area (Å²) >= 11 is 0. The molecule has 1 aliphatic rings. The van der Waals surface area contributed by atoms with Gasteiger partial charge in [-0.1, -0.05) is 38.1 Å². The van der Waals surface area contributed by atoms with Crippen LogP contribution in [0.25, 0.3) is 5.76 Å². The molecule has 7 nitrogen and oxygen atoms in total. The first kappa shape index (κ1) is 27.0. The van der Waals surface area contributed by atoms with Gasteiger partial charge >= 0.3 is 0 Å². The van der Waals surface area contributed by atoms with Gasteiger partial charge in [0, 0.05) is 18.7 Å². The Kier molecular flexibility index (Phi) is 9.31. The Labute approximate surface area is 213 Å². The number of nitrogens with zero attached hydrogens (tertiary/aromatic N) is 2. The Morgan fingerprint density at radius 3 is 2.42 bits per heavy atom. The van der Waals surface area contributed by atoms with Crippen molar-refractivity contribution in [3.05, 3.63) is 77.4 Å². The van der Waals surface area contributed by atoms with Crippen molar-refractivity contribution in [3.8, 4) is 11.5 Å². The largest absolute Gasteiger partial charge is 0.507 e. The fourth-order valence-corrected chi connectivity index (χ4v) is 4.14. The van der Waals surface area contributed by atoms with Gasteiger partial charge in [0.1, 0.15) is 23.9 Å². The van der Waals surface area contributed by atoms with Crippen LogP contribution in [0.5, 0.6) is 11.5 Å². The van der Waals surface area contributed by atoms with Crippen LogP contribution in [0, 0.1) is 6.92 Å². The minimum atomic E-state index is -0.703. The quantitative estimate of drug-likeness (QED) is 0.152. The van der Waals surface area contributed by atoms with E-state index in [0.717, 1.165) is 29.7 Å². The molecule has 0 aromatic heterocycles. The molecule has 1 atom stereocenters. The topological polar surface area (TPSA) is 79.3 Å². The zero-order valence-electron chi connectivity index (χ0n) is 21.6. The van der Waals surface area contributed by atoms with E-state index >= 15 is 0 Å². The molecule has 1 fully saturated rings. The fraction of sp³-hybridized carbons (Fsp3) is 0.379. The van der Waals surface area contributed by atoms with Crippen LogP contribution in [-0.4, -0.2) is 67.0 Å². The first-order valence-electron chi connectivity index (χ1n) is 12.3. The molecule has 36 heavy (non-hydrogen) atoms. The Balaban J connectivity index is 2.04. The summed E-state index contributed by atoms with van der Waals surface area (Å²) < 4.78 is 11.4. The molecule has 7 heteroatoms. The number of ether oxygens (including phenoxy) is 2. The third-order valence-corrected chi connectivity index (χ3v) is 6.11. The van der Waals surface area contributed by atoms with Crippen molar-refractivity contribution in [2.45, 2.75) is 32.7 Å².